The van der Waals surface area contributed by atoms with Crippen molar-refractivity contribution in [1.29, 1.82) is 0 Å². The van der Waals surface area contributed by atoms with E-state index < -0.39 is 0 Å². The van der Waals surface area contributed by atoms with E-state index in [1.54, 1.807) is 18.3 Å². The van der Waals surface area contributed by atoms with Crippen LogP contribution in [0, 0.1) is 0 Å². The van der Waals surface area contributed by atoms with Gasteiger partial charge in [0.15, 0.2) is 0 Å². The highest BCUT2D eigenvalue weighted by molar-refractivity contribution is 7.00. The first-order chi connectivity index (χ1) is 12.3. The molecule has 0 spiro atoms. The van der Waals surface area contributed by atoms with Gasteiger partial charge < -0.3 is 10.1 Å². The van der Waals surface area contributed by atoms with Crippen LogP contribution in [-0.4, -0.2) is 31.8 Å². The summed E-state index contributed by atoms with van der Waals surface area (Å²) in [6.45, 7) is 0. The Balaban J connectivity index is 1.31. The van der Waals surface area contributed by atoms with Crippen LogP contribution in [0.3, 0.4) is 0 Å². The number of hydrogen-bond acceptors (Lipinski definition) is 6. The van der Waals surface area contributed by atoms with Crippen LogP contribution in [0.5, 0.6) is 5.88 Å². The molecule has 2 aromatic heterocycles. The number of fused-ring (bicyclic) bond motifs is 1. The summed E-state index contributed by atoms with van der Waals surface area (Å²) in [6.07, 6.45) is 5.54. The average Bonchev–Trinajstić information content (AvgIpc) is 3.12. The molecule has 1 aromatic carbocycles. The Morgan fingerprint density at radius 1 is 1.08 bits per heavy atom. The molecule has 1 saturated carbocycles. The van der Waals surface area contributed by atoms with Crippen LogP contribution in [0.15, 0.2) is 42.6 Å². The highest BCUT2D eigenvalue weighted by atomic mass is 32.1. The summed E-state index contributed by atoms with van der Waals surface area (Å²) < 4.78 is 14.2. The van der Waals surface area contributed by atoms with Crippen molar-refractivity contribution in [2.45, 2.75) is 37.8 Å². The van der Waals surface area contributed by atoms with E-state index in [2.05, 4.69) is 19.0 Å². The third-order valence-corrected chi connectivity index (χ3v) is 5.01. The average molecular weight is 354 g/mol. The number of hydrogen-bond donors (Lipinski definition) is 1. The maximum Gasteiger partial charge on any atom is 0.251 e. The lowest BCUT2D eigenvalue weighted by molar-refractivity contribution is 0.0890. The molecular formula is C18H18N4O2S. The molecule has 128 valence electrons. The zero-order valence-corrected chi connectivity index (χ0v) is 14.4. The number of aromatic nitrogens is 3. The summed E-state index contributed by atoms with van der Waals surface area (Å²) in [5.74, 6) is 0.615. The summed E-state index contributed by atoms with van der Waals surface area (Å²) >= 11 is 1.16. The van der Waals surface area contributed by atoms with Gasteiger partial charge in [0.25, 0.3) is 5.91 Å². The van der Waals surface area contributed by atoms with E-state index >= 15 is 0 Å². The van der Waals surface area contributed by atoms with Crippen molar-refractivity contribution in [3.05, 3.63) is 48.2 Å². The van der Waals surface area contributed by atoms with Gasteiger partial charge in [-0.05, 0) is 49.9 Å². The fourth-order valence-corrected chi connectivity index (χ4v) is 3.62. The van der Waals surface area contributed by atoms with Crippen molar-refractivity contribution < 1.29 is 9.53 Å². The summed E-state index contributed by atoms with van der Waals surface area (Å²) in [5.41, 5.74) is 2.23. The van der Waals surface area contributed by atoms with Gasteiger partial charge in [0, 0.05) is 23.9 Å². The second-order valence-electron chi connectivity index (χ2n) is 6.20. The first kappa shape index (κ1) is 16.0. The number of ether oxygens (including phenoxy) is 1. The highest BCUT2D eigenvalue weighted by Gasteiger charge is 2.24. The van der Waals surface area contributed by atoms with Crippen molar-refractivity contribution in [1.82, 2.24) is 19.0 Å². The van der Waals surface area contributed by atoms with Crippen LogP contribution in [-0.2, 0) is 0 Å². The number of nitrogens with zero attached hydrogens (tertiary/aromatic N) is 3. The topological polar surface area (TPSA) is 77.0 Å². The van der Waals surface area contributed by atoms with E-state index in [0.29, 0.717) is 11.4 Å². The molecule has 1 aliphatic rings. The fraction of sp³-hybridized carbons (Fsp3) is 0.333. The van der Waals surface area contributed by atoms with Crippen LogP contribution in [0.1, 0.15) is 36.0 Å². The number of carbonyl (C=O) groups is 1. The molecule has 25 heavy (non-hydrogen) atoms. The molecule has 2 heterocycles. The SMILES string of the molecule is O=C(NC1CCC(Oc2ccccn2)CC1)c1ccc2nsnc2c1. The molecular weight excluding hydrogens is 336 g/mol. The van der Waals surface area contributed by atoms with E-state index in [4.69, 9.17) is 4.74 Å². The standard InChI is InChI=1S/C18H18N4O2S/c23-18(12-4-9-15-16(11-12)22-25-21-15)20-13-5-7-14(8-6-13)24-17-3-1-2-10-19-17/h1-4,9-11,13-14H,5-8H2,(H,20,23). The molecule has 1 N–H and O–H groups in total. The van der Waals surface area contributed by atoms with E-state index in [1.165, 1.54) is 0 Å². The maximum atomic E-state index is 12.5. The number of rotatable bonds is 4. The van der Waals surface area contributed by atoms with Gasteiger partial charge in [0.1, 0.15) is 17.1 Å². The Labute approximate surface area is 149 Å². The molecule has 0 radical (unpaired) electrons. The normalized spacial score (nSPS) is 20.3. The molecule has 1 fully saturated rings. The molecule has 0 atom stereocenters. The van der Waals surface area contributed by atoms with Crippen molar-refractivity contribution in [2.24, 2.45) is 0 Å². The Bertz CT molecular complexity index is 860. The van der Waals surface area contributed by atoms with Gasteiger partial charge >= 0.3 is 0 Å². The quantitative estimate of drug-likeness (QED) is 0.778. The van der Waals surface area contributed by atoms with E-state index in [0.717, 1.165) is 48.4 Å². The van der Waals surface area contributed by atoms with Crippen LogP contribution < -0.4 is 10.1 Å². The van der Waals surface area contributed by atoms with Gasteiger partial charge in [-0.15, -0.1) is 0 Å². The number of nitrogens with one attached hydrogen (secondary N) is 1. The van der Waals surface area contributed by atoms with Gasteiger partial charge in [-0.2, -0.15) is 8.75 Å². The zero-order valence-electron chi connectivity index (χ0n) is 13.6. The van der Waals surface area contributed by atoms with Crippen molar-refractivity contribution in [3.8, 4) is 5.88 Å². The molecule has 4 rings (SSSR count). The van der Waals surface area contributed by atoms with Crippen molar-refractivity contribution in [2.75, 3.05) is 0 Å². The third-order valence-electron chi connectivity index (χ3n) is 4.45. The largest absolute Gasteiger partial charge is 0.474 e. The molecule has 0 saturated heterocycles. The monoisotopic (exact) mass is 354 g/mol. The lowest BCUT2D eigenvalue weighted by Gasteiger charge is -2.29. The van der Waals surface area contributed by atoms with Crippen LogP contribution in [0.25, 0.3) is 11.0 Å². The molecule has 0 bridgehead atoms. The number of carbonyl (C=O) groups excluding carboxylic acids is 1. The van der Waals surface area contributed by atoms with E-state index in [1.807, 2.05) is 24.3 Å². The van der Waals surface area contributed by atoms with Gasteiger partial charge in [-0.25, -0.2) is 4.98 Å². The molecule has 6 nitrogen and oxygen atoms in total. The summed E-state index contributed by atoms with van der Waals surface area (Å²) in [6, 6.07) is 11.3. The lowest BCUT2D eigenvalue weighted by Crippen LogP contribution is -2.39. The molecule has 1 aliphatic carbocycles. The minimum absolute atomic E-state index is 0.0519. The van der Waals surface area contributed by atoms with Crippen molar-refractivity contribution in [3.63, 3.8) is 0 Å². The van der Waals surface area contributed by atoms with Gasteiger partial charge in [-0.3, -0.25) is 4.79 Å². The number of pyridine rings is 1. The smallest absolute Gasteiger partial charge is 0.251 e. The molecule has 0 aliphatic heterocycles. The van der Waals surface area contributed by atoms with Crippen LogP contribution >= 0.6 is 11.7 Å². The first-order valence-corrected chi connectivity index (χ1v) is 9.12. The molecule has 7 heteroatoms. The van der Waals surface area contributed by atoms with E-state index in [-0.39, 0.29) is 18.1 Å². The summed E-state index contributed by atoms with van der Waals surface area (Å²) in [7, 11) is 0. The van der Waals surface area contributed by atoms with Crippen molar-refractivity contribution >= 4 is 28.7 Å². The summed E-state index contributed by atoms with van der Waals surface area (Å²) in [5, 5.41) is 3.12. The minimum atomic E-state index is -0.0519. The second-order valence-corrected chi connectivity index (χ2v) is 6.73. The maximum absolute atomic E-state index is 12.5. The van der Waals surface area contributed by atoms with Crippen LogP contribution in [0.2, 0.25) is 0 Å². The van der Waals surface area contributed by atoms with Gasteiger partial charge in [0.05, 0.1) is 11.7 Å². The Kier molecular flexibility index (Phi) is 4.56. The minimum Gasteiger partial charge on any atom is -0.474 e. The van der Waals surface area contributed by atoms with Gasteiger partial charge in [-0.1, -0.05) is 6.07 Å². The Morgan fingerprint density at radius 2 is 1.92 bits per heavy atom. The first-order valence-electron chi connectivity index (χ1n) is 8.39. The molecule has 0 unspecified atom stereocenters. The Hall–Kier alpha value is -2.54. The van der Waals surface area contributed by atoms with Crippen LogP contribution in [0.4, 0.5) is 0 Å². The number of benzene rings is 1. The molecule has 1 amide bonds. The highest BCUT2D eigenvalue weighted by Crippen LogP contribution is 2.23. The van der Waals surface area contributed by atoms with E-state index in [9.17, 15) is 4.79 Å². The molecule has 3 aromatic rings. The predicted octanol–water partition coefficient (Wildman–Crippen LogP) is 3.21. The predicted molar refractivity (Wildman–Crippen MR) is 95.8 cm³/mol. The fourth-order valence-electron chi connectivity index (χ4n) is 3.10. The lowest BCUT2D eigenvalue weighted by atomic mass is 9.92. The van der Waals surface area contributed by atoms with Gasteiger partial charge in [0.2, 0.25) is 5.88 Å². The Morgan fingerprint density at radius 3 is 2.72 bits per heavy atom. The zero-order chi connectivity index (χ0) is 17.1. The number of amides is 1. The summed E-state index contributed by atoms with van der Waals surface area (Å²) in [4.78, 5) is 16.7. The second kappa shape index (κ2) is 7.14. The third kappa shape index (κ3) is 3.76.